The zero-order valence-electron chi connectivity index (χ0n) is 9.42. The summed E-state index contributed by atoms with van der Waals surface area (Å²) in [7, 11) is 0. The molecule has 0 aliphatic heterocycles. The molecule has 0 saturated heterocycles. The van der Waals surface area contributed by atoms with Gasteiger partial charge in [-0.15, -0.1) is 0 Å². The van der Waals surface area contributed by atoms with Crippen molar-refractivity contribution in [3.05, 3.63) is 28.8 Å². The van der Waals surface area contributed by atoms with Crippen LogP contribution in [0.25, 0.3) is 0 Å². The fourth-order valence-corrected chi connectivity index (χ4v) is 1.74. The second kappa shape index (κ2) is 6.51. The Kier molecular flexibility index (Phi) is 5.29. The lowest BCUT2D eigenvalue weighted by Crippen LogP contribution is -2.08. The van der Waals surface area contributed by atoms with Crippen LogP contribution >= 0.6 is 11.6 Å². The summed E-state index contributed by atoms with van der Waals surface area (Å²) in [5.41, 5.74) is 7.35. The number of aryl methyl sites for hydroxylation is 1. The smallest absolute Gasteiger partial charge is 0.221 e. The SMILES string of the molecule is CC(=O)Nc1ccc(Cl)cc1CCCCN. The summed E-state index contributed by atoms with van der Waals surface area (Å²) in [6, 6.07) is 5.50. The Morgan fingerprint density at radius 3 is 2.81 bits per heavy atom. The molecule has 0 unspecified atom stereocenters. The van der Waals surface area contributed by atoms with E-state index in [1.54, 1.807) is 6.07 Å². The molecule has 1 aromatic rings. The molecule has 0 aliphatic carbocycles. The zero-order chi connectivity index (χ0) is 12.0. The lowest BCUT2D eigenvalue weighted by Gasteiger charge is -2.10. The summed E-state index contributed by atoms with van der Waals surface area (Å²) < 4.78 is 0. The molecule has 3 nitrogen and oxygen atoms in total. The summed E-state index contributed by atoms with van der Waals surface area (Å²) in [5, 5.41) is 3.49. The highest BCUT2D eigenvalue weighted by Crippen LogP contribution is 2.22. The van der Waals surface area contributed by atoms with Crippen LogP contribution < -0.4 is 11.1 Å². The summed E-state index contributed by atoms with van der Waals surface area (Å²) in [5.74, 6) is -0.0672. The number of nitrogens with two attached hydrogens (primary N) is 1. The van der Waals surface area contributed by atoms with Gasteiger partial charge in [0.15, 0.2) is 0 Å². The number of hydrogen-bond donors (Lipinski definition) is 2. The number of benzene rings is 1. The van der Waals surface area contributed by atoms with Gasteiger partial charge in [0.05, 0.1) is 0 Å². The first-order chi connectivity index (χ1) is 7.63. The molecule has 0 aliphatic rings. The van der Waals surface area contributed by atoms with Crippen LogP contribution in [0.3, 0.4) is 0 Å². The number of anilines is 1. The molecule has 0 saturated carbocycles. The molecule has 0 radical (unpaired) electrons. The van der Waals surface area contributed by atoms with Crippen LogP contribution in [0.15, 0.2) is 18.2 Å². The van der Waals surface area contributed by atoms with Gasteiger partial charge in [-0.2, -0.15) is 0 Å². The normalized spacial score (nSPS) is 10.2. The molecule has 0 atom stereocenters. The molecule has 0 spiro atoms. The predicted octanol–water partition coefficient (Wildman–Crippen LogP) is 2.58. The van der Waals surface area contributed by atoms with Crippen molar-refractivity contribution in [1.82, 2.24) is 0 Å². The van der Waals surface area contributed by atoms with Gasteiger partial charge in [-0.25, -0.2) is 0 Å². The molecule has 4 heteroatoms. The van der Waals surface area contributed by atoms with E-state index in [4.69, 9.17) is 17.3 Å². The lowest BCUT2D eigenvalue weighted by molar-refractivity contribution is -0.114. The Morgan fingerprint density at radius 1 is 1.44 bits per heavy atom. The third-order valence-corrected chi connectivity index (χ3v) is 2.51. The van der Waals surface area contributed by atoms with Gasteiger partial charge in [0.25, 0.3) is 0 Å². The molecule has 1 rings (SSSR count). The van der Waals surface area contributed by atoms with Crippen molar-refractivity contribution in [2.45, 2.75) is 26.2 Å². The van der Waals surface area contributed by atoms with Crippen molar-refractivity contribution in [2.75, 3.05) is 11.9 Å². The van der Waals surface area contributed by atoms with Crippen LogP contribution in [-0.4, -0.2) is 12.5 Å². The zero-order valence-corrected chi connectivity index (χ0v) is 10.2. The van der Waals surface area contributed by atoms with Gasteiger partial charge >= 0.3 is 0 Å². The minimum atomic E-state index is -0.0672. The van der Waals surface area contributed by atoms with Crippen LogP contribution in [-0.2, 0) is 11.2 Å². The summed E-state index contributed by atoms with van der Waals surface area (Å²) >= 11 is 5.93. The maximum Gasteiger partial charge on any atom is 0.221 e. The average molecular weight is 241 g/mol. The standard InChI is InChI=1S/C12H17ClN2O/c1-9(16)15-12-6-5-11(13)8-10(12)4-2-3-7-14/h5-6,8H,2-4,7,14H2,1H3,(H,15,16). The first-order valence-electron chi connectivity index (χ1n) is 5.39. The van der Waals surface area contributed by atoms with Crippen molar-refractivity contribution in [1.29, 1.82) is 0 Å². The van der Waals surface area contributed by atoms with Crippen LogP contribution in [0.2, 0.25) is 5.02 Å². The molecular formula is C12H17ClN2O. The van der Waals surface area contributed by atoms with Crippen molar-refractivity contribution in [3.63, 3.8) is 0 Å². The Balaban J connectivity index is 2.76. The maximum absolute atomic E-state index is 11.0. The molecule has 0 aromatic heterocycles. The number of amides is 1. The van der Waals surface area contributed by atoms with E-state index >= 15 is 0 Å². The largest absolute Gasteiger partial charge is 0.330 e. The predicted molar refractivity (Wildman–Crippen MR) is 67.7 cm³/mol. The third kappa shape index (κ3) is 4.21. The minimum Gasteiger partial charge on any atom is -0.330 e. The van der Waals surface area contributed by atoms with E-state index in [0.29, 0.717) is 11.6 Å². The van der Waals surface area contributed by atoms with E-state index in [-0.39, 0.29) is 5.91 Å². The van der Waals surface area contributed by atoms with Gasteiger partial charge in [0, 0.05) is 17.6 Å². The second-order valence-electron chi connectivity index (χ2n) is 3.73. The van der Waals surface area contributed by atoms with Crippen LogP contribution in [0.4, 0.5) is 5.69 Å². The van der Waals surface area contributed by atoms with E-state index in [1.165, 1.54) is 6.92 Å². The van der Waals surface area contributed by atoms with Crippen LogP contribution in [0.5, 0.6) is 0 Å². The van der Waals surface area contributed by atoms with Crippen LogP contribution in [0, 0.1) is 0 Å². The van der Waals surface area contributed by atoms with E-state index in [2.05, 4.69) is 5.32 Å². The van der Waals surface area contributed by atoms with Gasteiger partial charge in [0.2, 0.25) is 5.91 Å². The van der Waals surface area contributed by atoms with Gasteiger partial charge in [0.1, 0.15) is 0 Å². The molecule has 88 valence electrons. The number of carbonyl (C=O) groups is 1. The van der Waals surface area contributed by atoms with Crippen molar-refractivity contribution < 1.29 is 4.79 Å². The Bertz CT molecular complexity index is 366. The maximum atomic E-state index is 11.0. The molecule has 1 amide bonds. The number of halogens is 1. The topological polar surface area (TPSA) is 55.1 Å². The van der Waals surface area contributed by atoms with Crippen LogP contribution in [0.1, 0.15) is 25.3 Å². The number of nitrogens with one attached hydrogen (secondary N) is 1. The number of hydrogen-bond acceptors (Lipinski definition) is 2. The number of rotatable bonds is 5. The summed E-state index contributed by atoms with van der Waals surface area (Å²) in [4.78, 5) is 11.0. The molecule has 0 bridgehead atoms. The van der Waals surface area contributed by atoms with E-state index in [1.807, 2.05) is 12.1 Å². The third-order valence-electron chi connectivity index (χ3n) is 2.28. The Labute approximate surface area is 101 Å². The lowest BCUT2D eigenvalue weighted by atomic mass is 10.1. The summed E-state index contributed by atoms with van der Waals surface area (Å²) in [6.45, 7) is 2.19. The highest BCUT2D eigenvalue weighted by molar-refractivity contribution is 6.30. The van der Waals surface area contributed by atoms with Crippen molar-refractivity contribution in [2.24, 2.45) is 5.73 Å². The highest BCUT2D eigenvalue weighted by Gasteiger charge is 2.04. The second-order valence-corrected chi connectivity index (χ2v) is 4.16. The molecule has 0 fully saturated rings. The van der Waals surface area contributed by atoms with E-state index < -0.39 is 0 Å². The molecule has 0 heterocycles. The van der Waals surface area contributed by atoms with Gasteiger partial charge < -0.3 is 11.1 Å². The number of carbonyl (C=O) groups excluding carboxylic acids is 1. The minimum absolute atomic E-state index is 0.0672. The Hall–Kier alpha value is -1.06. The molecular weight excluding hydrogens is 224 g/mol. The average Bonchev–Trinajstić information content (AvgIpc) is 2.22. The van der Waals surface area contributed by atoms with Crippen molar-refractivity contribution >= 4 is 23.2 Å². The highest BCUT2D eigenvalue weighted by atomic mass is 35.5. The Morgan fingerprint density at radius 2 is 2.19 bits per heavy atom. The van der Waals surface area contributed by atoms with Gasteiger partial charge in [-0.3, -0.25) is 4.79 Å². The quantitative estimate of drug-likeness (QED) is 0.778. The molecule has 3 N–H and O–H groups in total. The van der Waals surface area contributed by atoms with Crippen molar-refractivity contribution in [3.8, 4) is 0 Å². The first kappa shape index (κ1) is 13.0. The fourth-order valence-electron chi connectivity index (χ4n) is 1.54. The molecule has 16 heavy (non-hydrogen) atoms. The van der Waals surface area contributed by atoms with E-state index in [9.17, 15) is 4.79 Å². The molecule has 1 aromatic carbocycles. The number of unbranched alkanes of at least 4 members (excludes halogenated alkanes) is 1. The van der Waals surface area contributed by atoms with E-state index in [0.717, 1.165) is 30.5 Å². The van der Waals surface area contributed by atoms with Gasteiger partial charge in [-0.05, 0) is 49.6 Å². The fraction of sp³-hybridized carbons (Fsp3) is 0.417. The first-order valence-corrected chi connectivity index (χ1v) is 5.77. The monoisotopic (exact) mass is 240 g/mol. The van der Waals surface area contributed by atoms with Gasteiger partial charge in [-0.1, -0.05) is 11.6 Å². The summed E-state index contributed by atoms with van der Waals surface area (Å²) in [6.07, 6.45) is 2.86.